The van der Waals surface area contributed by atoms with E-state index >= 15 is 0 Å². The molecule has 4 N–H and O–H groups in total. The van der Waals surface area contributed by atoms with Crippen molar-refractivity contribution in [3.05, 3.63) is 0 Å². The van der Waals surface area contributed by atoms with Crippen molar-refractivity contribution in [3.63, 3.8) is 0 Å². The summed E-state index contributed by atoms with van der Waals surface area (Å²) in [5, 5.41) is 10.9. The third kappa shape index (κ3) is 4.00. The highest BCUT2D eigenvalue weighted by Gasteiger charge is 2.19. The first-order valence-electron chi connectivity index (χ1n) is 4.15. The minimum atomic E-state index is -0.850. The van der Waals surface area contributed by atoms with Crippen molar-refractivity contribution in [2.24, 2.45) is 11.7 Å². The number of aliphatic hydroxyl groups is 1. The van der Waals surface area contributed by atoms with E-state index in [0.717, 1.165) is 0 Å². The van der Waals surface area contributed by atoms with E-state index in [-0.39, 0.29) is 5.92 Å². The maximum Gasteiger partial charge on any atom is 0.237 e. The molecular formula is C8H16N2O3. The summed E-state index contributed by atoms with van der Waals surface area (Å²) in [7, 11) is 0. The van der Waals surface area contributed by atoms with Gasteiger partial charge in [-0.25, -0.2) is 0 Å². The number of carbonyl (C=O) groups is 2. The first kappa shape index (κ1) is 12.1. The summed E-state index contributed by atoms with van der Waals surface area (Å²) in [4.78, 5) is 21.5. The predicted molar refractivity (Wildman–Crippen MR) is 47.9 cm³/mol. The summed E-state index contributed by atoms with van der Waals surface area (Å²) in [6.07, 6.45) is 0.477. The normalized spacial score (nSPS) is 15.2. The van der Waals surface area contributed by atoms with Crippen molar-refractivity contribution in [2.75, 3.05) is 6.61 Å². The van der Waals surface area contributed by atoms with Gasteiger partial charge in [-0.1, -0.05) is 13.8 Å². The molecule has 0 spiro atoms. The van der Waals surface area contributed by atoms with Crippen molar-refractivity contribution in [1.29, 1.82) is 0 Å². The first-order valence-corrected chi connectivity index (χ1v) is 4.15. The molecule has 0 aromatic heterocycles. The van der Waals surface area contributed by atoms with Gasteiger partial charge in [0.05, 0.1) is 12.6 Å². The van der Waals surface area contributed by atoms with E-state index in [1.165, 1.54) is 0 Å². The lowest BCUT2D eigenvalue weighted by Crippen LogP contribution is -2.49. The number of nitrogens with one attached hydrogen (secondary N) is 1. The Balaban J connectivity index is 4.05. The zero-order valence-electron chi connectivity index (χ0n) is 7.86. The summed E-state index contributed by atoms with van der Waals surface area (Å²) in [6.45, 7) is 3.21. The first-order chi connectivity index (χ1) is 6.02. The fourth-order valence-corrected chi connectivity index (χ4v) is 0.704. The third-order valence-electron chi connectivity index (χ3n) is 1.71. The number of aliphatic hydroxyl groups excluding tert-OH is 1. The minimum absolute atomic E-state index is 0.00555. The Hall–Kier alpha value is -0.940. The van der Waals surface area contributed by atoms with Gasteiger partial charge in [0.15, 0.2) is 0 Å². The van der Waals surface area contributed by atoms with Crippen LogP contribution in [0.15, 0.2) is 0 Å². The molecule has 2 atom stereocenters. The molecule has 76 valence electrons. The molecule has 0 saturated heterocycles. The summed E-state index contributed by atoms with van der Waals surface area (Å²) in [5.41, 5.74) is 5.51. The van der Waals surface area contributed by atoms with Gasteiger partial charge in [0.2, 0.25) is 5.91 Å². The molecule has 0 aromatic carbocycles. The van der Waals surface area contributed by atoms with Crippen molar-refractivity contribution in [2.45, 2.75) is 25.9 Å². The largest absolute Gasteiger partial charge is 0.394 e. The molecule has 0 heterocycles. The Morgan fingerprint density at radius 3 is 2.46 bits per heavy atom. The zero-order chi connectivity index (χ0) is 10.4. The van der Waals surface area contributed by atoms with E-state index < -0.39 is 24.6 Å². The van der Waals surface area contributed by atoms with Crippen LogP contribution < -0.4 is 11.1 Å². The summed E-state index contributed by atoms with van der Waals surface area (Å²) < 4.78 is 0. The molecule has 0 fully saturated rings. The van der Waals surface area contributed by atoms with Crippen LogP contribution in [0.2, 0.25) is 0 Å². The molecule has 0 aliphatic rings. The molecular weight excluding hydrogens is 172 g/mol. The fraction of sp³-hybridized carbons (Fsp3) is 0.750. The van der Waals surface area contributed by atoms with E-state index in [1.54, 1.807) is 13.8 Å². The molecule has 0 bridgehead atoms. The highest BCUT2D eigenvalue weighted by Crippen LogP contribution is 1.97. The standard InChI is InChI=1S/C8H16N2O3/c1-5(2)7(9)8(13)10-6(3-11)4-12/h3,5-7,12H,4,9H2,1-2H3,(H,10,13). The number of aldehydes is 1. The number of hydrogen-bond donors (Lipinski definition) is 3. The van der Waals surface area contributed by atoms with Crippen LogP contribution in [0.25, 0.3) is 0 Å². The van der Waals surface area contributed by atoms with E-state index in [9.17, 15) is 9.59 Å². The number of carbonyl (C=O) groups excluding carboxylic acids is 2. The third-order valence-corrected chi connectivity index (χ3v) is 1.71. The minimum Gasteiger partial charge on any atom is -0.394 e. The Labute approximate surface area is 77.3 Å². The molecule has 1 amide bonds. The topological polar surface area (TPSA) is 92.4 Å². The number of hydrogen-bond acceptors (Lipinski definition) is 4. The molecule has 0 rings (SSSR count). The molecule has 5 heteroatoms. The van der Waals surface area contributed by atoms with Crippen LogP contribution in [0.3, 0.4) is 0 Å². The second-order valence-corrected chi connectivity index (χ2v) is 3.20. The monoisotopic (exact) mass is 188 g/mol. The van der Waals surface area contributed by atoms with Crippen molar-refractivity contribution in [1.82, 2.24) is 5.32 Å². The number of rotatable bonds is 5. The quantitative estimate of drug-likeness (QED) is 0.465. The summed E-state index contributed by atoms with van der Waals surface area (Å²) in [5.74, 6) is -0.410. The van der Waals surface area contributed by atoms with Crippen LogP contribution in [0, 0.1) is 5.92 Å². The van der Waals surface area contributed by atoms with Gasteiger partial charge in [-0.3, -0.25) is 4.79 Å². The van der Waals surface area contributed by atoms with E-state index in [1.807, 2.05) is 0 Å². The van der Waals surface area contributed by atoms with Gasteiger partial charge in [-0.05, 0) is 5.92 Å². The average molecular weight is 188 g/mol. The average Bonchev–Trinajstić information content (AvgIpc) is 2.12. The Morgan fingerprint density at radius 2 is 2.15 bits per heavy atom. The lowest BCUT2D eigenvalue weighted by molar-refractivity contribution is -0.126. The van der Waals surface area contributed by atoms with Gasteiger partial charge in [0, 0.05) is 0 Å². The molecule has 0 aliphatic carbocycles. The smallest absolute Gasteiger partial charge is 0.237 e. The molecule has 0 radical (unpaired) electrons. The lowest BCUT2D eigenvalue weighted by atomic mass is 10.0. The summed E-state index contributed by atoms with van der Waals surface area (Å²) in [6, 6.07) is -1.49. The predicted octanol–water partition coefficient (Wildman–Crippen LogP) is -1.35. The fourth-order valence-electron chi connectivity index (χ4n) is 0.704. The summed E-state index contributed by atoms with van der Waals surface area (Å²) >= 11 is 0. The number of nitrogens with two attached hydrogens (primary N) is 1. The van der Waals surface area contributed by atoms with E-state index in [2.05, 4.69) is 5.32 Å². The van der Waals surface area contributed by atoms with Crippen LogP contribution in [-0.4, -0.2) is 36.0 Å². The second-order valence-electron chi connectivity index (χ2n) is 3.20. The van der Waals surface area contributed by atoms with E-state index in [4.69, 9.17) is 10.8 Å². The van der Waals surface area contributed by atoms with Gasteiger partial charge in [0.25, 0.3) is 0 Å². The maximum atomic E-state index is 11.2. The Bertz CT molecular complexity index is 182. The van der Waals surface area contributed by atoms with Gasteiger partial charge >= 0.3 is 0 Å². The van der Waals surface area contributed by atoms with Crippen LogP contribution in [0.4, 0.5) is 0 Å². The van der Waals surface area contributed by atoms with Gasteiger partial charge in [-0.2, -0.15) is 0 Å². The maximum absolute atomic E-state index is 11.2. The molecule has 2 unspecified atom stereocenters. The highest BCUT2D eigenvalue weighted by molar-refractivity contribution is 5.84. The lowest BCUT2D eigenvalue weighted by Gasteiger charge is -2.17. The number of amides is 1. The van der Waals surface area contributed by atoms with Crippen molar-refractivity contribution in [3.8, 4) is 0 Å². The molecule has 5 nitrogen and oxygen atoms in total. The Morgan fingerprint density at radius 1 is 1.62 bits per heavy atom. The Kier molecular flexibility index (Phi) is 5.25. The highest BCUT2D eigenvalue weighted by atomic mass is 16.3. The SMILES string of the molecule is CC(C)C(N)C(=O)NC(C=O)CO. The van der Waals surface area contributed by atoms with Crippen molar-refractivity contribution >= 4 is 12.2 Å². The molecule has 0 saturated carbocycles. The van der Waals surface area contributed by atoms with Crippen LogP contribution in [0.5, 0.6) is 0 Å². The van der Waals surface area contributed by atoms with Gasteiger partial charge in [-0.15, -0.1) is 0 Å². The van der Waals surface area contributed by atoms with Crippen LogP contribution >= 0.6 is 0 Å². The molecule has 0 aliphatic heterocycles. The van der Waals surface area contributed by atoms with Crippen molar-refractivity contribution < 1.29 is 14.7 Å². The zero-order valence-corrected chi connectivity index (χ0v) is 7.86. The van der Waals surface area contributed by atoms with Crippen LogP contribution in [0.1, 0.15) is 13.8 Å². The van der Waals surface area contributed by atoms with E-state index in [0.29, 0.717) is 6.29 Å². The van der Waals surface area contributed by atoms with Gasteiger partial charge < -0.3 is 21.0 Å². The molecule has 0 aromatic rings. The van der Waals surface area contributed by atoms with Crippen LogP contribution in [-0.2, 0) is 9.59 Å². The molecule has 13 heavy (non-hydrogen) atoms. The van der Waals surface area contributed by atoms with Gasteiger partial charge in [0.1, 0.15) is 12.3 Å². The second kappa shape index (κ2) is 5.66.